The zero-order valence-corrected chi connectivity index (χ0v) is 7.66. The van der Waals surface area contributed by atoms with Crippen molar-refractivity contribution in [3.05, 3.63) is 0 Å². The lowest BCUT2D eigenvalue weighted by Gasteiger charge is -2.33. The average molecular weight is 172 g/mol. The molecule has 4 atom stereocenters. The molecule has 70 valence electrons. The van der Waals surface area contributed by atoms with Gasteiger partial charge in [-0.05, 0) is 12.3 Å². The van der Waals surface area contributed by atoms with E-state index in [1.807, 2.05) is 0 Å². The van der Waals surface area contributed by atoms with Gasteiger partial charge in [0.1, 0.15) is 6.10 Å². The summed E-state index contributed by atoms with van der Waals surface area (Å²) < 4.78 is 16.4. The van der Waals surface area contributed by atoms with Crippen molar-refractivity contribution in [3.63, 3.8) is 0 Å². The van der Waals surface area contributed by atoms with E-state index in [1.54, 1.807) is 7.11 Å². The molecule has 2 aliphatic rings. The minimum Gasteiger partial charge on any atom is -0.376 e. The molecule has 0 aromatic rings. The maximum atomic E-state index is 5.59. The van der Waals surface area contributed by atoms with Crippen molar-refractivity contribution in [1.29, 1.82) is 0 Å². The minimum absolute atomic E-state index is 0.0984. The van der Waals surface area contributed by atoms with Crippen LogP contribution >= 0.6 is 0 Å². The molecule has 0 unspecified atom stereocenters. The minimum atomic E-state index is -0.0984. The van der Waals surface area contributed by atoms with Crippen LogP contribution in [0.3, 0.4) is 0 Å². The summed E-state index contributed by atoms with van der Waals surface area (Å²) in [5.41, 5.74) is 0. The van der Waals surface area contributed by atoms with Gasteiger partial charge in [0.25, 0.3) is 0 Å². The molecule has 0 N–H and O–H groups in total. The van der Waals surface area contributed by atoms with Crippen LogP contribution < -0.4 is 0 Å². The van der Waals surface area contributed by atoms with Gasteiger partial charge >= 0.3 is 0 Å². The van der Waals surface area contributed by atoms with Crippen molar-refractivity contribution in [2.24, 2.45) is 5.92 Å². The standard InChI is InChI=1S/C9H16O3/c1-3-6-4-7-5-11-9(12-7)8(6)10-2/h6-9H,3-5H2,1-2H3/t6-,7-,8+,9+/m1/s1. The third kappa shape index (κ3) is 1.26. The summed E-state index contributed by atoms with van der Waals surface area (Å²) in [5.74, 6) is 0.612. The fourth-order valence-electron chi connectivity index (χ4n) is 2.16. The van der Waals surface area contributed by atoms with Crippen molar-refractivity contribution in [2.75, 3.05) is 13.7 Å². The van der Waals surface area contributed by atoms with Gasteiger partial charge in [0.15, 0.2) is 6.29 Å². The van der Waals surface area contributed by atoms with E-state index in [-0.39, 0.29) is 12.4 Å². The lowest BCUT2D eigenvalue weighted by Crippen LogP contribution is -2.41. The summed E-state index contributed by atoms with van der Waals surface area (Å²) in [5, 5.41) is 0. The summed E-state index contributed by atoms with van der Waals surface area (Å²) in [6.07, 6.45) is 2.61. The van der Waals surface area contributed by atoms with E-state index in [0.29, 0.717) is 12.0 Å². The highest BCUT2D eigenvalue weighted by Gasteiger charge is 2.43. The largest absolute Gasteiger partial charge is 0.376 e. The predicted octanol–water partition coefficient (Wildman–Crippen LogP) is 1.17. The molecule has 3 heteroatoms. The van der Waals surface area contributed by atoms with Gasteiger partial charge in [-0.2, -0.15) is 0 Å². The first kappa shape index (κ1) is 8.48. The zero-order chi connectivity index (χ0) is 8.55. The Hall–Kier alpha value is -0.120. The normalized spacial score (nSPS) is 46.5. The fourth-order valence-corrected chi connectivity index (χ4v) is 2.16. The van der Waals surface area contributed by atoms with Crippen LogP contribution in [-0.2, 0) is 14.2 Å². The topological polar surface area (TPSA) is 27.7 Å². The van der Waals surface area contributed by atoms with Crippen LogP contribution in [0.2, 0.25) is 0 Å². The fraction of sp³-hybridized carbons (Fsp3) is 1.00. The number of ether oxygens (including phenoxy) is 3. The summed E-state index contributed by atoms with van der Waals surface area (Å²) in [6, 6.07) is 0. The summed E-state index contributed by atoms with van der Waals surface area (Å²) >= 11 is 0. The third-order valence-corrected chi connectivity index (χ3v) is 2.87. The molecule has 0 radical (unpaired) electrons. The molecule has 0 amide bonds. The monoisotopic (exact) mass is 172 g/mol. The maximum Gasteiger partial charge on any atom is 0.184 e. The van der Waals surface area contributed by atoms with Crippen molar-refractivity contribution in [3.8, 4) is 0 Å². The van der Waals surface area contributed by atoms with E-state index >= 15 is 0 Å². The Balaban J connectivity index is 2.06. The summed E-state index contributed by atoms with van der Waals surface area (Å²) in [7, 11) is 1.73. The molecule has 0 saturated carbocycles. The first-order valence-electron chi connectivity index (χ1n) is 4.65. The van der Waals surface area contributed by atoms with Gasteiger partial charge in [0.2, 0.25) is 0 Å². The Labute approximate surface area is 73.0 Å². The lowest BCUT2D eigenvalue weighted by molar-refractivity contribution is -0.185. The van der Waals surface area contributed by atoms with Gasteiger partial charge in [-0.25, -0.2) is 0 Å². The number of rotatable bonds is 2. The van der Waals surface area contributed by atoms with Gasteiger partial charge in [-0.3, -0.25) is 0 Å². The molecule has 2 fully saturated rings. The van der Waals surface area contributed by atoms with Crippen molar-refractivity contribution < 1.29 is 14.2 Å². The number of hydrogen-bond donors (Lipinski definition) is 0. The van der Waals surface area contributed by atoms with E-state index < -0.39 is 0 Å². The molecular formula is C9H16O3. The van der Waals surface area contributed by atoms with Crippen molar-refractivity contribution in [1.82, 2.24) is 0 Å². The molecule has 3 nitrogen and oxygen atoms in total. The molecule has 2 bridgehead atoms. The van der Waals surface area contributed by atoms with Crippen molar-refractivity contribution >= 4 is 0 Å². The van der Waals surface area contributed by atoms with Gasteiger partial charge in [-0.1, -0.05) is 13.3 Å². The molecule has 2 saturated heterocycles. The number of fused-ring (bicyclic) bond motifs is 2. The molecule has 2 aliphatic heterocycles. The van der Waals surface area contributed by atoms with Crippen LogP contribution in [0.15, 0.2) is 0 Å². The Bertz CT molecular complexity index is 160. The number of hydrogen-bond acceptors (Lipinski definition) is 3. The van der Waals surface area contributed by atoms with Crippen LogP contribution in [0.25, 0.3) is 0 Å². The van der Waals surface area contributed by atoms with E-state index in [9.17, 15) is 0 Å². The van der Waals surface area contributed by atoms with Crippen LogP contribution in [-0.4, -0.2) is 32.2 Å². The summed E-state index contributed by atoms with van der Waals surface area (Å²) in [6.45, 7) is 2.95. The molecule has 0 spiro atoms. The van der Waals surface area contributed by atoms with E-state index in [1.165, 1.54) is 0 Å². The van der Waals surface area contributed by atoms with Crippen molar-refractivity contribution in [2.45, 2.75) is 38.3 Å². The molecule has 0 aromatic carbocycles. The molecule has 12 heavy (non-hydrogen) atoms. The van der Waals surface area contributed by atoms with Crippen LogP contribution in [0.1, 0.15) is 19.8 Å². The third-order valence-electron chi connectivity index (χ3n) is 2.87. The molecule has 0 aromatic heterocycles. The van der Waals surface area contributed by atoms with Crippen LogP contribution in [0.4, 0.5) is 0 Å². The Morgan fingerprint density at radius 3 is 3.00 bits per heavy atom. The van der Waals surface area contributed by atoms with Gasteiger partial charge in [0.05, 0.1) is 12.7 Å². The van der Waals surface area contributed by atoms with Crippen LogP contribution in [0, 0.1) is 5.92 Å². The summed E-state index contributed by atoms with van der Waals surface area (Å²) in [4.78, 5) is 0. The van der Waals surface area contributed by atoms with Gasteiger partial charge in [0, 0.05) is 7.11 Å². The Kier molecular flexibility index (Phi) is 2.35. The van der Waals surface area contributed by atoms with E-state index in [2.05, 4.69) is 6.92 Å². The first-order chi connectivity index (χ1) is 5.85. The maximum absolute atomic E-state index is 5.59. The first-order valence-corrected chi connectivity index (χ1v) is 4.65. The van der Waals surface area contributed by atoms with Crippen LogP contribution in [0.5, 0.6) is 0 Å². The molecular weight excluding hydrogens is 156 g/mol. The quantitative estimate of drug-likeness (QED) is 0.626. The second-order valence-electron chi connectivity index (χ2n) is 3.56. The molecule has 2 heterocycles. The van der Waals surface area contributed by atoms with E-state index in [0.717, 1.165) is 19.4 Å². The second kappa shape index (κ2) is 3.32. The zero-order valence-electron chi connectivity index (χ0n) is 7.66. The molecule has 2 rings (SSSR count). The highest BCUT2D eigenvalue weighted by atomic mass is 16.7. The highest BCUT2D eigenvalue weighted by Crippen LogP contribution is 2.34. The lowest BCUT2D eigenvalue weighted by atomic mass is 9.91. The number of methoxy groups -OCH3 is 1. The second-order valence-corrected chi connectivity index (χ2v) is 3.56. The Morgan fingerprint density at radius 2 is 2.33 bits per heavy atom. The van der Waals surface area contributed by atoms with Gasteiger partial charge < -0.3 is 14.2 Å². The van der Waals surface area contributed by atoms with Gasteiger partial charge in [-0.15, -0.1) is 0 Å². The van der Waals surface area contributed by atoms with E-state index in [4.69, 9.17) is 14.2 Å². The SMILES string of the molecule is CC[C@@H]1C[C@@H]2CO[C@@H](O2)[C@H]1OC. The smallest absolute Gasteiger partial charge is 0.184 e. The average Bonchev–Trinajstić information content (AvgIpc) is 2.48. The molecule has 0 aliphatic carbocycles. The Morgan fingerprint density at radius 1 is 1.50 bits per heavy atom. The highest BCUT2D eigenvalue weighted by molar-refractivity contribution is 4.85. The predicted molar refractivity (Wildman–Crippen MR) is 43.8 cm³/mol.